The lowest BCUT2D eigenvalue weighted by Crippen LogP contribution is -2.46. The summed E-state index contributed by atoms with van der Waals surface area (Å²) in [6, 6.07) is 10.3. The van der Waals surface area contributed by atoms with Crippen LogP contribution >= 0.6 is 36.4 Å². The highest BCUT2D eigenvalue weighted by atomic mass is 35.5. The van der Waals surface area contributed by atoms with Gasteiger partial charge in [-0.15, -0.1) is 24.8 Å². The van der Waals surface area contributed by atoms with Crippen molar-refractivity contribution < 1.29 is 9.47 Å². The van der Waals surface area contributed by atoms with E-state index < -0.39 is 0 Å². The van der Waals surface area contributed by atoms with Crippen molar-refractivity contribution in [1.29, 1.82) is 0 Å². The molecule has 0 atom stereocenters. The van der Waals surface area contributed by atoms with E-state index in [0.29, 0.717) is 42.0 Å². The van der Waals surface area contributed by atoms with E-state index in [1.165, 1.54) is 12.8 Å². The van der Waals surface area contributed by atoms with Crippen molar-refractivity contribution in [3.8, 4) is 17.1 Å². The molecule has 4 heterocycles. The van der Waals surface area contributed by atoms with Crippen molar-refractivity contribution in [2.75, 3.05) is 44.8 Å². The van der Waals surface area contributed by atoms with E-state index in [9.17, 15) is 4.79 Å². The molecule has 0 amide bonds. The van der Waals surface area contributed by atoms with Gasteiger partial charge in [-0.1, -0.05) is 17.7 Å². The van der Waals surface area contributed by atoms with Crippen molar-refractivity contribution >= 4 is 42.4 Å². The van der Waals surface area contributed by atoms with Crippen LogP contribution in [-0.4, -0.2) is 75.6 Å². The molecular weight excluding hydrogens is 575 g/mol. The van der Waals surface area contributed by atoms with Crippen LogP contribution in [0.25, 0.3) is 17.1 Å². The second kappa shape index (κ2) is 14.2. The molecule has 2 aromatic heterocycles. The Labute approximate surface area is 252 Å². The minimum Gasteiger partial charge on any atom is -0.381 e. The van der Waals surface area contributed by atoms with Crippen LogP contribution in [-0.2, 0) is 9.47 Å². The summed E-state index contributed by atoms with van der Waals surface area (Å²) < 4.78 is 14.6. The van der Waals surface area contributed by atoms with E-state index in [1.54, 1.807) is 10.8 Å². The third kappa shape index (κ3) is 6.83. The van der Waals surface area contributed by atoms with E-state index in [0.717, 1.165) is 63.4 Å². The molecule has 1 N–H and O–H groups in total. The van der Waals surface area contributed by atoms with Gasteiger partial charge in [-0.25, -0.2) is 14.8 Å². The van der Waals surface area contributed by atoms with E-state index in [-0.39, 0.29) is 36.5 Å². The molecule has 0 radical (unpaired) electrons. The number of ether oxygens (including phenoxy) is 2. The number of anilines is 1. The molecule has 0 unspecified atom stereocenters. The zero-order chi connectivity index (χ0) is 25.9. The molecule has 1 aliphatic carbocycles. The fraction of sp³-hybridized carbons (Fsp3) is 0.536. The Balaban J connectivity index is 0.00000185. The summed E-state index contributed by atoms with van der Waals surface area (Å²) in [5.41, 5.74) is 2.05. The minimum absolute atomic E-state index is 0. The molecule has 9 nitrogen and oxygen atoms in total. The van der Waals surface area contributed by atoms with E-state index >= 15 is 0 Å². The van der Waals surface area contributed by atoms with Crippen molar-refractivity contribution in [3.05, 3.63) is 58.2 Å². The zero-order valence-electron chi connectivity index (χ0n) is 22.4. The summed E-state index contributed by atoms with van der Waals surface area (Å²) in [5.74, 6) is 0.598. The third-order valence-electron chi connectivity index (χ3n) is 8.08. The smallest absolute Gasteiger partial charge is 0.333 e. The standard InChI is InChI=1S/C28H35ClN6O3.2ClH/c29-20-2-1-3-24(18-20)35-26(19-34(28(35)36)23-9-14-37-15-10-23)25-8-11-30-27(32-25)31-21-4-6-22(7-5-21)33-12-16-38-17-13-33;;/h1-3,8,11,18-19,21-23H,4-7,9-10,12-17H2,(H,30,31,32);2*1H. The lowest BCUT2D eigenvalue weighted by atomic mass is 9.90. The Morgan fingerprint density at radius 3 is 2.35 bits per heavy atom. The zero-order valence-corrected chi connectivity index (χ0v) is 24.8. The number of imidazole rings is 1. The highest BCUT2D eigenvalue weighted by Crippen LogP contribution is 2.28. The SMILES string of the molecule is Cl.Cl.O=c1n(C2CCOCC2)cc(-c2ccnc(NC3CCC(N4CCOCC4)CC3)n2)n1-c1cccc(Cl)c1. The van der Waals surface area contributed by atoms with Crippen molar-refractivity contribution in [3.63, 3.8) is 0 Å². The van der Waals surface area contributed by atoms with Gasteiger partial charge in [0.15, 0.2) is 0 Å². The molecule has 6 rings (SSSR count). The first-order valence-corrected chi connectivity index (χ1v) is 14.1. The van der Waals surface area contributed by atoms with Crippen LogP contribution in [0.4, 0.5) is 5.95 Å². The predicted molar refractivity (Wildman–Crippen MR) is 162 cm³/mol. The summed E-state index contributed by atoms with van der Waals surface area (Å²) in [5, 5.41) is 4.15. The maximum absolute atomic E-state index is 13.7. The summed E-state index contributed by atoms with van der Waals surface area (Å²) in [6.07, 6.45) is 9.82. The Kier molecular flexibility index (Phi) is 10.9. The Hall–Kier alpha value is -2.14. The highest BCUT2D eigenvalue weighted by molar-refractivity contribution is 6.30. The summed E-state index contributed by atoms with van der Waals surface area (Å²) in [6.45, 7) is 5.07. The van der Waals surface area contributed by atoms with Gasteiger partial charge in [-0.05, 0) is 62.8 Å². The Bertz CT molecular complexity index is 1300. The molecule has 1 aromatic carbocycles. The largest absolute Gasteiger partial charge is 0.381 e. The molecule has 12 heteroatoms. The second-order valence-electron chi connectivity index (χ2n) is 10.4. The van der Waals surface area contributed by atoms with Gasteiger partial charge in [-0.2, -0.15) is 0 Å². The Morgan fingerprint density at radius 1 is 0.900 bits per heavy atom. The molecule has 2 saturated heterocycles. The van der Waals surface area contributed by atoms with Gasteiger partial charge in [0.1, 0.15) is 0 Å². The molecule has 0 spiro atoms. The van der Waals surface area contributed by atoms with Gasteiger partial charge in [0.2, 0.25) is 5.95 Å². The van der Waals surface area contributed by atoms with Gasteiger partial charge in [0.05, 0.1) is 30.3 Å². The average molecular weight is 612 g/mol. The molecule has 40 heavy (non-hydrogen) atoms. The lowest BCUT2D eigenvalue weighted by Gasteiger charge is -2.38. The van der Waals surface area contributed by atoms with Crippen molar-refractivity contribution in [2.24, 2.45) is 0 Å². The monoisotopic (exact) mass is 610 g/mol. The maximum Gasteiger partial charge on any atom is 0.333 e. The summed E-state index contributed by atoms with van der Waals surface area (Å²) in [7, 11) is 0. The molecule has 3 aromatic rings. The number of hydrogen-bond acceptors (Lipinski definition) is 7. The van der Waals surface area contributed by atoms with Crippen LogP contribution in [0.15, 0.2) is 47.5 Å². The Morgan fingerprint density at radius 2 is 1.62 bits per heavy atom. The quantitative estimate of drug-likeness (QED) is 0.420. The average Bonchev–Trinajstić information content (AvgIpc) is 3.31. The van der Waals surface area contributed by atoms with E-state index in [4.69, 9.17) is 26.1 Å². The molecule has 218 valence electrons. The number of aromatic nitrogens is 4. The van der Waals surface area contributed by atoms with Crippen molar-refractivity contribution in [2.45, 2.75) is 56.7 Å². The molecular formula is C28H37Cl3N6O3. The first-order valence-electron chi connectivity index (χ1n) is 13.7. The van der Waals surface area contributed by atoms with E-state index in [1.807, 2.05) is 41.1 Å². The summed E-state index contributed by atoms with van der Waals surface area (Å²) >= 11 is 6.31. The van der Waals surface area contributed by atoms with Crippen LogP contribution in [0.2, 0.25) is 5.02 Å². The number of rotatable bonds is 6. The number of morpholine rings is 1. The number of benzene rings is 1. The van der Waals surface area contributed by atoms with Gasteiger partial charge in [0, 0.05) is 61.8 Å². The fourth-order valence-corrected chi connectivity index (χ4v) is 6.20. The second-order valence-corrected chi connectivity index (χ2v) is 10.9. The minimum atomic E-state index is -0.0938. The maximum atomic E-state index is 13.7. The topological polar surface area (TPSA) is 86.4 Å². The third-order valence-corrected chi connectivity index (χ3v) is 8.31. The van der Waals surface area contributed by atoms with Gasteiger partial charge < -0.3 is 14.8 Å². The van der Waals surface area contributed by atoms with Crippen LogP contribution in [0.1, 0.15) is 44.6 Å². The molecule has 2 aliphatic heterocycles. The van der Waals surface area contributed by atoms with E-state index in [2.05, 4.69) is 15.2 Å². The van der Waals surface area contributed by atoms with Gasteiger partial charge >= 0.3 is 5.69 Å². The van der Waals surface area contributed by atoms with Crippen molar-refractivity contribution in [1.82, 2.24) is 24.0 Å². The number of nitrogens with zero attached hydrogens (tertiary/aromatic N) is 5. The number of nitrogens with one attached hydrogen (secondary N) is 1. The van der Waals surface area contributed by atoms with Crippen LogP contribution in [0.5, 0.6) is 0 Å². The lowest BCUT2D eigenvalue weighted by molar-refractivity contribution is 0.00790. The molecule has 3 fully saturated rings. The van der Waals surface area contributed by atoms with Gasteiger partial charge in [0.25, 0.3) is 0 Å². The normalized spacial score (nSPS) is 22.2. The van der Waals surface area contributed by atoms with Gasteiger partial charge in [-0.3, -0.25) is 14.0 Å². The molecule has 0 bridgehead atoms. The fourth-order valence-electron chi connectivity index (χ4n) is 6.01. The van der Waals surface area contributed by atoms with Crippen LogP contribution in [0, 0.1) is 0 Å². The first kappa shape index (κ1) is 30.8. The van der Waals surface area contributed by atoms with Crippen LogP contribution < -0.4 is 11.0 Å². The number of hydrogen-bond donors (Lipinski definition) is 1. The highest BCUT2D eigenvalue weighted by Gasteiger charge is 2.28. The summed E-state index contributed by atoms with van der Waals surface area (Å²) in [4.78, 5) is 25.7. The molecule has 3 aliphatic rings. The predicted octanol–water partition coefficient (Wildman–Crippen LogP) is 5.00. The molecule has 1 saturated carbocycles. The number of halogens is 3. The van der Waals surface area contributed by atoms with Crippen LogP contribution in [0.3, 0.4) is 0 Å². The first-order chi connectivity index (χ1) is 18.7.